The molecule has 1 aromatic heterocycles. The van der Waals surface area contributed by atoms with E-state index in [0.29, 0.717) is 32.1 Å². The lowest BCUT2D eigenvalue weighted by atomic mass is 10.3. The van der Waals surface area contributed by atoms with Crippen LogP contribution in [-0.2, 0) is 27.3 Å². The molecule has 2 heterocycles. The topological polar surface area (TPSA) is 90.2 Å². The lowest BCUT2D eigenvalue weighted by Gasteiger charge is -2.26. The highest BCUT2D eigenvalue weighted by Gasteiger charge is 2.18. The summed E-state index contributed by atoms with van der Waals surface area (Å²) in [5.41, 5.74) is 0. The summed E-state index contributed by atoms with van der Waals surface area (Å²) in [5, 5.41) is 11.2. The lowest BCUT2D eigenvalue weighted by molar-refractivity contribution is -0.134. The molecule has 0 aromatic carbocycles. The molecule has 2 rings (SSSR count). The number of rotatable bonds is 4. The van der Waals surface area contributed by atoms with Crippen molar-refractivity contribution in [1.82, 2.24) is 25.1 Å². The molecule has 0 atom stereocenters. The zero-order valence-corrected chi connectivity index (χ0v) is 9.20. The fourth-order valence-electron chi connectivity index (χ4n) is 1.53. The van der Waals surface area contributed by atoms with Gasteiger partial charge in [0.25, 0.3) is 0 Å². The number of carbonyl (C=O) groups is 1. The summed E-state index contributed by atoms with van der Waals surface area (Å²) >= 11 is 0. The molecule has 0 aliphatic carbocycles. The van der Waals surface area contributed by atoms with E-state index in [0.717, 1.165) is 4.80 Å². The Hall–Kier alpha value is -1.83. The van der Waals surface area contributed by atoms with Crippen molar-refractivity contribution >= 4 is 12.2 Å². The first-order valence-corrected chi connectivity index (χ1v) is 5.27. The van der Waals surface area contributed by atoms with Crippen LogP contribution in [0, 0.1) is 0 Å². The van der Waals surface area contributed by atoms with Gasteiger partial charge >= 0.3 is 0 Å². The van der Waals surface area contributed by atoms with Crippen molar-refractivity contribution in [2.75, 3.05) is 26.3 Å². The van der Waals surface area contributed by atoms with Gasteiger partial charge in [0.15, 0.2) is 5.82 Å². The highest BCUT2D eigenvalue weighted by atomic mass is 16.5. The Morgan fingerprint density at radius 2 is 2.18 bits per heavy atom. The first-order chi connectivity index (χ1) is 8.29. The Morgan fingerprint density at radius 3 is 2.88 bits per heavy atom. The minimum absolute atomic E-state index is 0.0528. The average Bonchev–Trinajstić information content (AvgIpc) is 2.78. The van der Waals surface area contributed by atoms with Crippen LogP contribution in [0.4, 0.5) is 0 Å². The zero-order valence-electron chi connectivity index (χ0n) is 9.20. The van der Waals surface area contributed by atoms with Gasteiger partial charge in [-0.2, -0.15) is 4.80 Å². The van der Waals surface area contributed by atoms with Crippen LogP contribution in [0.5, 0.6) is 0 Å². The van der Waals surface area contributed by atoms with Crippen molar-refractivity contribution in [3.63, 3.8) is 0 Å². The van der Waals surface area contributed by atoms with Gasteiger partial charge in [-0.3, -0.25) is 9.59 Å². The molecule has 0 saturated carbocycles. The van der Waals surface area contributed by atoms with Crippen LogP contribution in [0.25, 0.3) is 0 Å². The van der Waals surface area contributed by atoms with Crippen LogP contribution in [0.3, 0.4) is 0 Å². The Balaban J connectivity index is 1.90. The summed E-state index contributed by atoms with van der Waals surface area (Å²) in [6, 6.07) is 0. The molecule has 0 bridgehead atoms. The van der Waals surface area contributed by atoms with Gasteiger partial charge in [0.2, 0.25) is 12.2 Å². The predicted octanol–water partition coefficient (Wildman–Crippen LogP) is -1.82. The van der Waals surface area contributed by atoms with Gasteiger partial charge in [-0.25, -0.2) is 0 Å². The second kappa shape index (κ2) is 5.48. The van der Waals surface area contributed by atoms with E-state index < -0.39 is 0 Å². The van der Waals surface area contributed by atoms with Crippen LogP contribution >= 0.6 is 0 Å². The number of hydrogen-bond donors (Lipinski definition) is 0. The molecule has 1 fully saturated rings. The molecule has 1 amide bonds. The van der Waals surface area contributed by atoms with Crippen molar-refractivity contribution in [2.24, 2.45) is 0 Å². The van der Waals surface area contributed by atoms with Gasteiger partial charge in [0.1, 0.15) is 6.54 Å². The van der Waals surface area contributed by atoms with Crippen LogP contribution < -0.4 is 0 Å². The van der Waals surface area contributed by atoms with Gasteiger partial charge in [0, 0.05) is 13.1 Å². The van der Waals surface area contributed by atoms with E-state index in [4.69, 9.17) is 4.74 Å². The van der Waals surface area contributed by atoms with Crippen LogP contribution in [0.2, 0.25) is 0 Å². The van der Waals surface area contributed by atoms with E-state index in [1.807, 2.05) is 0 Å². The molecule has 0 unspecified atom stereocenters. The van der Waals surface area contributed by atoms with Gasteiger partial charge in [-0.05, 0) is 5.21 Å². The maximum atomic E-state index is 11.8. The van der Waals surface area contributed by atoms with Crippen molar-refractivity contribution in [1.29, 1.82) is 0 Å². The van der Waals surface area contributed by atoms with Crippen LogP contribution in [0.15, 0.2) is 0 Å². The van der Waals surface area contributed by atoms with E-state index >= 15 is 0 Å². The third kappa shape index (κ3) is 3.06. The molecule has 0 N–H and O–H groups in total. The molecular weight excluding hydrogens is 226 g/mol. The Bertz CT molecular complexity index is 399. The van der Waals surface area contributed by atoms with Gasteiger partial charge in [0.05, 0.1) is 19.6 Å². The first-order valence-electron chi connectivity index (χ1n) is 5.27. The van der Waals surface area contributed by atoms with E-state index in [9.17, 15) is 9.59 Å². The summed E-state index contributed by atoms with van der Waals surface area (Å²) in [6.07, 6.45) is 1.75. The largest absolute Gasteiger partial charge is 0.378 e. The van der Waals surface area contributed by atoms with Gasteiger partial charge in [-0.1, -0.05) is 0 Å². The Labute approximate surface area is 97.5 Å². The second-order valence-corrected chi connectivity index (χ2v) is 3.55. The summed E-state index contributed by atoms with van der Waals surface area (Å²) in [6.45, 7) is 2.24. The summed E-state index contributed by atoms with van der Waals surface area (Å²) in [7, 11) is 0. The summed E-state index contributed by atoms with van der Waals surface area (Å²) < 4.78 is 5.15. The smallest absolute Gasteiger partial charge is 0.230 e. The van der Waals surface area contributed by atoms with E-state index in [-0.39, 0.29) is 18.9 Å². The molecule has 91 valence electrons. The number of carbonyl (C=O) groups excluding carboxylic acids is 2. The number of nitrogens with zero attached hydrogens (tertiary/aromatic N) is 5. The summed E-state index contributed by atoms with van der Waals surface area (Å²) in [5.74, 6) is 0.264. The number of morpholine rings is 1. The third-order valence-electron chi connectivity index (χ3n) is 2.37. The normalized spacial score (nSPS) is 15.9. The number of hydrogen-bond acceptors (Lipinski definition) is 6. The summed E-state index contributed by atoms with van der Waals surface area (Å²) in [4.78, 5) is 24.7. The molecule has 1 aliphatic heterocycles. The third-order valence-corrected chi connectivity index (χ3v) is 2.37. The second-order valence-electron chi connectivity index (χ2n) is 3.55. The molecule has 1 saturated heterocycles. The lowest BCUT2D eigenvalue weighted by Crippen LogP contribution is -2.41. The quantitative estimate of drug-likeness (QED) is 0.613. The minimum atomic E-state index is -0.0707. The Kier molecular flexibility index (Phi) is 3.76. The van der Waals surface area contributed by atoms with E-state index in [2.05, 4.69) is 15.4 Å². The maximum Gasteiger partial charge on any atom is 0.230 e. The van der Waals surface area contributed by atoms with Crippen molar-refractivity contribution in [3.05, 3.63) is 5.82 Å². The van der Waals surface area contributed by atoms with Crippen LogP contribution in [-0.4, -0.2) is 63.6 Å². The first kappa shape index (κ1) is 11.6. The average molecular weight is 238 g/mol. The van der Waals surface area contributed by atoms with Crippen molar-refractivity contribution < 1.29 is 14.3 Å². The molecule has 1 aromatic rings. The fourth-order valence-corrected chi connectivity index (χ4v) is 1.53. The number of amides is 1. The van der Waals surface area contributed by atoms with Crippen molar-refractivity contribution in [2.45, 2.75) is 13.0 Å². The molecule has 1 radical (unpaired) electrons. The van der Waals surface area contributed by atoms with E-state index in [1.54, 1.807) is 11.2 Å². The Morgan fingerprint density at radius 1 is 1.41 bits per heavy atom. The minimum Gasteiger partial charge on any atom is -0.378 e. The molecule has 8 heteroatoms. The highest BCUT2D eigenvalue weighted by molar-refractivity contribution is 5.77. The molecule has 17 heavy (non-hydrogen) atoms. The highest BCUT2D eigenvalue weighted by Crippen LogP contribution is 2.00. The van der Waals surface area contributed by atoms with E-state index in [1.165, 1.54) is 0 Å². The maximum absolute atomic E-state index is 11.8. The molecule has 1 aliphatic rings. The standard InChI is InChI=1S/C9H12N5O3/c15-4-1-14-11-8(10-12-14)7-9(16)13-2-5-17-6-3-13/h1-3,5-7H2. The fraction of sp³-hybridized carbons (Fsp3) is 0.667. The van der Waals surface area contributed by atoms with Crippen molar-refractivity contribution in [3.8, 4) is 0 Å². The predicted molar refractivity (Wildman–Crippen MR) is 54.6 cm³/mol. The SMILES string of the molecule is O=[C]Cn1nnc(CC(=O)N2CCOCC2)n1. The molecule has 0 spiro atoms. The monoisotopic (exact) mass is 238 g/mol. The molecular formula is C9H12N5O3. The van der Waals surface area contributed by atoms with Gasteiger partial charge in [-0.15, -0.1) is 10.2 Å². The van der Waals surface area contributed by atoms with Crippen LogP contribution in [0.1, 0.15) is 5.82 Å². The molecule has 8 nitrogen and oxygen atoms in total. The number of aromatic nitrogens is 4. The number of ether oxygens (including phenoxy) is 1. The van der Waals surface area contributed by atoms with Gasteiger partial charge < -0.3 is 9.64 Å². The number of tetrazole rings is 1. The zero-order chi connectivity index (χ0) is 12.1.